The van der Waals surface area contributed by atoms with E-state index in [1.54, 1.807) is 10.6 Å². The number of pyridine rings is 1. The number of aliphatic carboxylic acids is 2. The third kappa shape index (κ3) is 2.51. The van der Waals surface area contributed by atoms with E-state index >= 15 is 0 Å². The van der Waals surface area contributed by atoms with Crippen molar-refractivity contribution in [3.8, 4) is 0 Å². The number of carbonyl (C=O) groups is 2. The average Bonchev–Trinajstić information content (AvgIpc) is 2.64. The molecular weight excluding hydrogens is 234 g/mol. The molecule has 0 aliphatic rings. The molecular formula is C13H13NO4. The lowest BCUT2D eigenvalue weighted by Gasteiger charge is -2.03. The molecule has 0 saturated heterocycles. The molecule has 2 N–H and O–H groups in total. The summed E-state index contributed by atoms with van der Waals surface area (Å²) in [5.41, 5.74) is 2.32. The first kappa shape index (κ1) is 12.2. The lowest BCUT2D eigenvalue weighted by molar-refractivity contribution is -0.137. The summed E-state index contributed by atoms with van der Waals surface area (Å²) in [6.45, 7) is 0. The Balaban J connectivity index is 2.42. The van der Waals surface area contributed by atoms with Gasteiger partial charge in [-0.1, -0.05) is 6.07 Å². The van der Waals surface area contributed by atoms with Crippen molar-refractivity contribution in [3.63, 3.8) is 0 Å². The summed E-state index contributed by atoms with van der Waals surface area (Å²) in [7, 11) is 0. The molecule has 2 rings (SSSR count). The minimum absolute atomic E-state index is 0.00347. The van der Waals surface area contributed by atoms with Gasteiger partial charge in [0.15, 0.2) is 0 Å². The van der Waals surface area contributed by atoms with Gasteiger partial charge in [0.2, 0.25) is 0 Å². The zero-order valence-electron chi connectivity index (χ0n) is 9.67. The third-order valence-corrected chi connectivity index (χ3v) is 2.80. The first-order chi connectivity index (χ1) is 8.58. The number of aromatic nitrogens is 1. The number of fused-ring (bicyclic) bond motifs is 1. The molecule has 0 spiro atoms. The fourth-order valence-electron chi connectivity index (χ4n) is 2.04. The molecule has 0 unspecified atom stereocenters. The van der Waals surface area contributed by atoms with E-state index in [2.05, 4.69) is 0 Å². The van der Waals surface area contributed by atoms with Crippen LogP contribution in [0.1, 0.15) is 17.7 Å². The van der Waals surface area contributed by atoms with Crippen molar-refractivity contribution in [2.24, 2.45) is 0 Å². The normalized spacial score (nSPS) is 10.7. The molecule has 0 atom stereocenters. The molecule has 5 nitrogen and oxygen atoms in total. The Labute approximate surface area is 103 Å². The van der Waals surface area contributed by atoms with Gasteiger partial charge >= 0.3 is 11.9 Å². The molecule has 0 aliphatic heterocycles. The van der Waals surface area contributed by atoms with Crippen LogP contribution in [0.25, 0.3) is 5.52 Å². The van der Waals surface area contributed by atoms with E-state index in [-0.39, 0.29) is 12.8 Å². The summed E-state index contributed by atoms with van der Waals surface area (Å²) in [4.78, 5) is 21.5. The van der Waals surface area contributed by atoms with Gasteiger partial charge in [0, 0.05) is 23.8 Å². The van der Waals surface area contributed by atoms with Crippen molar-refractivity contribution in [1.82, 2.24) is 4.40 Å². The summed E-state index contributed by atoms with van der Waals surface area (Å²) in [5.74, 6) is -1.80. The maximum atomic E-state index is 10.9. The Kier molecular flexibility index (Phi) is 3.32. The zero-order valence-corrected chi connectivity index (χ0v) is 9.67. The molecule has 0 aromatic carbocycles. The van der Waals surface area contributed by atoms with Gasteiger partial charge in [-0.15, -0.1) is 0 Å². The predicted molar refractivity (Wildman–Crippen MR) is 64.7 cm³/mol. The van der Waals surface area contributed by atoms with Crippen LogP contribution >= 0.6 is 0 Å². The van der Waals surface area contributed by atoms with E-state index in [1.807, 2.05) is 24.3 Å². The first-order valence-electron chi connectivity index (χ1n) is 5.59. The van der Waals surface area contributed by atoms with Crippen LogP contribution in [0.2, 0.25) is 0 Å². The highest BCUT2D eigenvalue weighted by Gasteiger charge is 2.13. The first-order valence-corrected chi connectivity index (χ1v) is 5.59. The summed E-state index contributed by atoms with van der Waals surface area (Å²) in [6.07, 6.45) is 2.04. The van der Waals surface area contributed by atoms with Crippen molar-refractivity contribution >= 4 is 17.5 Å². The smallest absolute Gasteiger partial charge is 0.309 e. The number of rotatable bonds is 5. The number of hydrogen-bond acceptors (Lipinski definition) is 2. The fourth-order valence-corrected chi connectivity index (χ4v) is 2.04. The Morgan fingerprint density at radius 1 is 1.17 bits per heavy atom. The highest BCUT2D eigenvalue weighted by atomic mass is 16.4. The van der Waals surface area contributed by atoms with Crippen molar-refractivity contribution in [1.29, 1.82) is 0 Å². The Morgan fingerprint density at radius 2 is 1.94 bits per heavy atom. The average molecular weight is 247 g/mol. The van der Waals surface area contributed by atoms with Crippen LogP contribution < -0.4 is 0 Å². The maximum Gasteiger partial charge on any atom is 0.309 e. The number of carboxylic acids is 2. The highest BCUT2D eigenvalue weighted by Crippen LogP contribution is 2.19. The van der Waals surface area contributed by atoms with E-state index in [0.717, 1.165) is 11.1 Å². The Morgan fingerprint density at radius 3 is 2.61 bits per heavy atom. The van der Waals surface area contributed by atoms with Gasteiger partial charge in [-0.25, -0.2) is 0 Å². The minimum atomic E-state index is -0.921. The predicted octanol–water partition coefficient (Wildman–Crippen LogP) is 1.58. The van der Waals surface area contributed by atoms with Crippen LogP contribution in [0.3, 0.4) is 0 Å². The molecule has 0 bridgehead atoms. The molecule has 2 aromatic heterocycles. The van der Waals surface area contributed by atoms with Crippen molar-refractivity contribution < 1.29 is 19.8 Å². The van der Waals surface area contributed by atoms with Crippen molar-refractivity contribution in [2.45, 2.75) is 19.3 Å². The van der Waals surface area contributed by atoms with Gasteiger partial charge in [0.1, 0.15) is 0 Å². The molecule has 0 aliphatic carbocycles. The summed E-state index contributed by atoms with van der Waals surface area (Å²) >= 11 is 0. The molecule has 0 fully saturated rings. The second kappa shape index (κ2) is 4.91. The summed E-state index contributed by atoms with van der Waals surface area (Å²) in [6, 6.07) is 7.40. The standard InChI is InChI=1S/C13H13NO4/c15-12(16)5-4-9-7-10-3-1-2-6-14(10)11(9)8-13(17)18/h1-3,6-7H,4-5,8H2,(H,15,16)(H,17,18). The van der Waals surface area contributed by atoms with Crippen LogP contribution in [-0.2, 0) is 22.4 Å². The van der Waals surface area contributed by atoms with Gasteiger partial charge in [0.25, 0.3) is 0 Å². The van der Waals surface area contributed by atoms with E-state index < -0.39 is 11.9 Å². The van der Waals surface area contributed by atoms with Gasteiger partial charge in [-0.05, 0) is 30.2 Å². The molecule has 0 amide bonds. The van der Waals surface area contributed by atoms with Crippen LogP contribution in [-0.4, -0.2) is 26.6 Å². The van der Waals surface area contributed by atoms with Crippen LogP contribution in [0.4, 0.5) is 0 Å². The zero-order chi connectivity index (χ0) is 13.1. The summed E-state index contributed by atoms with van der Waals surface area (Å²) < 4.78 is 1.80. The fraction of sp³-hybridized carbons (Fsp3) is 0.231. The van der Waals surface area contributed by atoms with E-state index in [1.165, 1.54) is 0 Å². The van der Waals surface area contributed by atoms with Gasteiger partial charge in [-0.3, -0.25) is 9.59 Å². The number of carboxylic acid groups (broad SMARTS) is 2. The van der Waals surface area contributed by atoms with Crippen LogP contribution in [0, 0.1) is 0 Å². The monoisotopic (exact) mass is 247 g/mol. The van der Waals surface area contributed by atoms with Crippen molar-refractivity contribution in [3.05, 3.63) is 41.7 Å². The largest absolute Gasteiger partial charge is 0.481 e. The Hall–Kier alpha value is -2.30. The third-order valence-electron chi connectivity index (χ3n) is 2.80. The van der Waals surface area contributed by atoms with Gasteiger partial charge in [-0.2, -0.15) is 0 Å². The van der Waals surface area contributed by atoms with Crippen LogP contribution in [0.5, 0.6) is 0 Å². The van der Waals surface area contributed by atoms with E-state index in [9.17, 15) is 9.59 Å². The molecule has 94 valence electrons. The maximum absolute atomic E-state index is 10.9. The van der Waals surface area contributed by atoms with Crippen LogP contribution in [0.15, 0.2) is 30.5 Å². The second-order valence-corrected chi connectivity index (χ2v) is 4.08. The molecule has 2 heterocycles. The van der Waals surface area contributed by atoms with Gasteiger partial charge < -0.3 is 14.6 Å². The second-order valence-electron chi connectivity index (χ2n) is 4.08. The van der Waals surface area contributed by atoms with E-state index in [0.29, 0.717) is 12.1 Å². The van der Waals surface area contributed by atoms with Crippen molar-refractivity contribution in [2.75, 3.05) is 0 Å². The Bertz CT molecular complexity index is 600. The summed E-state index contributed by atoms with van der Waals surface area (Å²) in [5, 5.41) is 17.6. The molecule has 5 heteroatoms. The van der Waals surface area contributed by atoms with Gasteiger partial charge in [0.05, 0.1) is 6.42 Å². The number of aryl methyl sites for hydroxylation is 1. The minimum Gasteiger partial charge on any atom is -0.481 e. The molecule has 18 heavy (non-hydrogen) atoms. The lowest BCUT2D eigenvalue weighted by Crippen LogP contribution is -2.07. The number of hydrogen-bond donors (Lipinski definition) is 2. The molecule has 2 aromatic rings. The topological polar surface area (TPSA) is 79.0 Å². The SMILES string of the molecule is O=C(O)CCc1cc2ccccn2c1CC(=O)O. The molecule has 0 radical (unpaired) electrons. The number of nitrogens with zero attached hydrogens (tertiary/aromatic N) is 1. The lowest BCUT2D eigenvalue weighted by atomic mass is 10.1. The quantitative estimate of drug-likeness (QED) is 0.840. The highest BCUT2D eigenvalue weighted by molar-refractivity contribution is 5.72. The van der Waals surface area contributed by atoms with E-state index in [4.69, 9.17) is 10.2 Å². The molecule has 0 saturated carbocycles.